The van der Waals surface area contributed by atoms with Gasteiger partial charge in [0.1, 0.15) is 5.75 Å². The first-order valence-corrected chi connectivity index (χ1v) is 5.67. The molecule has 3 nitrogen and oxygen atoms in total. The number of phenols is 1. The molecule has 0 atom stereocenters. The SMILES string of the molecule is CC(C)c1[nH]c2ccc(O)cc2c1CCN. The fraction of sp³-hybridized carbons (Fsp3) is 0.385. The summed E-state index contributed by atoms with van der Waals surface area (Å²) in [7, 11) is 0. The number of benzene rings is 1. The van der Waals surface area contributed by atoms with E-state index in [-0.39, 0.29) is 0 Å². The van der Waals surface area contributed by atoms with E-state index < -0.39 is 0 Å². The summed E-state index contributed by atoms with van der Waals surface area (Å²) in [6.07, 6.45) is 0.844. The molecule has 4 N–H and O–H groups in total. The van der Waals surface area contributed by atoms with Gasteiger partial charge in [-0.1, -0.05) is 13.8 Å². The Morgan fingerprint density at radius 3 is 2.75 bits per heavy atom. The van der Waals surface area contributed by atoms with E-state index >= 15 is 0 Å². The number of aromatic nitrogens is 1. The average Bonchev–Trinajstić information content (AvgIpc) is 2.58. The van der Waals surface area contributed by atoms with Crippen molar-refractivity contribution in [1.82, 2.24) is 4.98 Å². The summed E-state index contributed by atoms with van der Waals surface area (Å²) in [6.45, 7) is 4.94. The Morgan fingerprint density at radius 2 is 2.12 bits per heavy atom. The number of rotatable bonds is 3. The molecule has 0 saturated carbocycles. The predicted molar refractivity (Wildman–Crippen MR) is 66.8 cm³/mol. The van der Waals surface area contributed by atoms with E-state index in [1.54, 1.807) is 6.07 Å². The highest BCUT2D eigenvalue weighted by molar-refractivity contribution is 5.86. The number of fused-ring (bicyclic) bond motifs is 1. The maximum absolute atomic E-state index is 9.53. The minimum absolute atomic E-state index is 0.306. The number of phenolic OH excluding ortho intramolecular Hbond substituents is 1. The van der Waals surface area contributed by atoms with Crippen LogP contribution >= 0.6 is 0 Å². The zero-order chi connectivity index (χ0) is 11.7. The van der Waals surface area contributed by atoms with Crippen LogP contribution in [0.4, 0.5) is 0 Å². The van der Waals surface area contributed by atoms with Gasteiger partial charge in [0, 0.05) is 16.6 Å². The van der Waals surface area contributed by atoms with Crippen molar-refractivity contribution in [3.8, 4) is 5.75 Å². The summed E-state index contributed by atoms with van der Waals surface area (Å²) in [6, 6.07) is 5.43. The number of H-pyrrole nitrogens is 1. The number of aromatic hydroxyl groups is 1. The molecule has 0 amide bonds. The Labute approximate surface area is 95.3 Å². The lowest BCUT2D eigenvalue weighted by atomic mass is 10.0. The second kappa shape index (κ2) is 4.18. The molecule has 16 heavy (non-hydrogen) atoms. The Hall–Kier alpha value is -1.48. The van der Waals surface area contributed by atoms with E-state index in [4.69, 9.17) is 5.73 Å². The Balaban J connectivity index is 2.67. The molecule has 86 valence electrons. The molecule has 1 aromatic carbocycles. The quantitative estimate of drug-likeness (QED) is 0.741. The summed E-state index contributed by atoms with van der Waals surface area (Å²) in [5.41, 5.74) is 9.18. The molecule has 2 aromatic rings. The number of aromatic amines is 1. The molecular weight excluding hydrogens is 200 g/mol. The smallest absolute Gasteiger partial charge is 0.116 e. The minimum Gasteiger partial charge on any atom is -0.508 e. The van der Waals surface area contributed by atoms with Gasteiger partial charge in [-0.2, -0.15) is 0 Å². The van der Waals surface area contributed by atoms with Crippen LogP contribution in [0.15, 0.2) is 18.2 Å². The Morgan fingerprint density at radius 1 is 1.38 bits per heavy atom. The van der Waals surface area contributed by atoms with Crippen LogP contribution in [0.25, 0.3) is 10.9 Å². The fourth-order valence-electron chi connectivity index (χ4n) is 2.16. The molecule has 0 unspecified atom stereocenters. The van der Waals surface area contributed by atoms with Gasteiger partial charge in [0.15, 0.2) is 0 Å². The number of nitrogens with two attached hydrogens (primary N) is 1. The highest BCUT2D eigenvalue weighted by atomic mass is 16.3. The first-order valence-electron chi connectivity index (χ1n) is 5.67. The van der Waals surface area contributed by atoms with Crippen LogP contribution in [0.5, 0.6) is 5.75 Å². The van der Waals surface area contributed by atoms with Crippen LogP contribution in [0.3, 0.4) is 0 Å². The van der Waals surface area contributed by atoms with Crippen molar-refractivity contribution in [2.75, 3.05) is 6.54 Å². The molecule has 1 heterocycles. The maximum Gasteiger partial charge on any atom is 0.116 e. The molecule has 3 heteroatoms. The van der Waals surface area contributed by atoms with Crippen molar-refractivity contribution in [1.29, 1.82) is 0 Å². The van der Waals surface area contributed by atoms with Crippen molar-refractivity contribution in [2.45, 2.75) is 26.2 Å². The van der Waals surface area contributed by atoms with Gasteiger partial charge in [-0.3, -0.25) is 0 Å². The van der Waals surface area contributed by atoms with E-state index in [0.717, 1.165) is 17.3 Å². The van der Waals surface area contributed by atoms with Crippen molar-refractivity contribution >= 4 is 10.9 Å². The third kappa shape index (κ3) is 1.78. The van der Waals surface area contributed by atoms with Gasteiger partial charge in [-0.05, 0) is 42.6 Å². The lowest BCUT2D eigenvalue weighted by Crippen LogP contribution is -2.05. The zero-order valence-electron chi connectivity index (χ0n) is 9.75. The predicted octanol–water partition coefficient (Wildman–Crippen LogP) is 2.50. The maximum atomic E-state index is 9.53. The summed E-state index contributed by atoms with van der Waals surface area (Å²) < 4.78 is 0. The van der Waals surface area contributed by atoms with Crippen LogP contribution in [0.1, 0.15) is 31.0 Å². The van der Waals surface area contributed by atoms with Crippen LogP contribution in [-0.4, -0.2) is 16.6 Å². The van der Waals surface area contributed by atoms with Crippen molar-refractivity contribution < 1.29 is 5.11 Å². The molecule has 0 saturated heterocycles. The summed E-state index contributed by atoms with van der Waals surface area (Å²) in [4.78, 5) is 3.41. The number of hydrogen-bond donors (Lipinski definition) is 3. The van der Waals surface area contributed by atoms with Gasteiger partial charge in [-0.25, -0.2) is 0 Å². The molecule has 1 aromatic heterocycles. The standard InChI is InChI=1S/C13H18N2O/c1-8(2)13-10(5-6-14)11-7-9(16)3-4-12(11)15-13/h3-4,7-8,15-16H,5-6,14H2,1-2H3. The molecule has 0 aliphatic carbocycles. The zero-order valence-corrected chi connectivity index (χ0v) is 9.75. The van der Waals surface area contributed by atoms with Crippen LogP contribution in [0.2, 0.25) is 0 Å². The topological polar surface area (TPSA) is 62.0 Å². The van der Waals surface area contributed by atoms with Gasteiger partial charge in [0.2, 0.25) is 0 Å². The highest BCUT2D eigenvalue weighted by Gasteiger charge is 2.13. The van der Waals surface area contributed by atoms with Crippen LogP contribution < -0.4 is 5.73 Å². The van der Waals surface area contributed by atoms with E-state index in [0.29, 0.717) is 18.2 Å². The molecule has 0 bridgehead atoms. The molecule has 2 rings (SSSR count). The van der Waals surface area contributed by atoms with Crippen molar-refractivity contribution in [3.63, 3.8) is 0 Å². The molecular formula is C13H18N2O. The fourth-order valence-corrected chi connectivity index (χ4v) is 2.16. The first-order chi connectivity index (χ1) is 7.63. The van der Waals surface area contributed by atoms with E-state index in [2.05, 4.69) is 18.8 Å². The lowest BCUT2D eigenvalue weighted by molar-refractivity contribution is 0.476. The molecule has 0 aliphatic rings. The lowest BCUT2D eigenvalue weighted by Gasteiger charge is -2.06. The molecule has 0 aliphatic heterocycles. The van der Waals surface area contributed by atoms with Gasteiger partial charge in [-0.15, -0.1) is 0 Å². The summed E-state index contributed by atoms with van der Waals surface area (Å²) in [5, 5.41) is 10.6. The number of hydrogen-bond acceptors (Lipinski definition) is 2. The second-order valence-electron chi connectivity index (χ2n) is 4.44. The van der Waals surface area contributed by atoms with Crippen LogP contribution in [-0.2, 0) is 6.42 Å². The molecule has 0 spiro atoms. The first kappa shape index (κ1) is 11.0. The van der Waals surface area contributed by atoms with E-state index in [9.17, 15) is 5.11 Å². The largest absolute Gasteiger partial charge is 0.508 e. The van der Waals surface area contributed by atoms with E-state index in [1.807, 2.05) is 12.1 Å². The minimum atomic E-state index is 0.306. The average molecular weight is 218 g/mol. The summed E-state index contributed by atoms with van der Waals surface area (Å²) in [5.74, 6) is 0.746. The van der Waals surface area contributed by atoms with E-state index in [1.165, 1.54) is 11.3 Å². The molecule has 0 radical (unpaired) electrons. The summed E-state index contributed by atoms with van der Waals surface area (Å²) >= 11 is 0. The Kier molecular flexibility index (Phi) is 2.88. The second-order valence-corrected chi connectivity index (χ2v) is 4.44. The molecule has 0 fully saturated rings. The van der Waals surface area contributed by atoms with Gasteiger partial charge >= 0.3 is 0 Å². The van der Waals surface area contributed by atoms with Crippen LogP contribution in [0, 0.1) is 0 Å². The Bertz CT molecular complexity index is 500. The van der Waals surface area contributed by atoms with Crippen molar-refractivity contribution in [3.05, 3.63) is 29.5 Å². The normalized spacial score (nSPS) is 11.5. The van der Waals surface area contributed by atoms with Gasteiger partial charge in [0.05, 0.1) is 0 Å². The monoisotopic (exact) mass is 218 g/mol. The highest BCUT2D eigenvalue weighted by Crippen LogP contribution is 2.30. The van der Waals surface area contributed by atoms with Crippen molar-refractivity contribution in [2.24, 2.45) is 5.73 Å². The van der Waals surface area contributed by atoms with Gasteiger partial charge in [0.25, 0.3) is 0 Å². The third-order valence-corrected chi connectivity index (χ3v) is 2.89. The van der Waals surface area contributed by atoms with Gasteiger partial charge < -0.3 is 15.8 Å². The number of nitrogens with one attached hydrogen (secondary N) is 1. The third-order valence-electron chi connectivity index (χ3n) is 2.89.